The third-order valence-electron chi connectivity index (χ3n) is 3.35. The summed E-state index contributed by atoms with van der Waals surface area (Å²) < 4.78 is 6.72. The van der Waals surface area contributed by atoms with Gasteiger partial charge in [-0.15, -0.1) is 0 Å². The Kier molecular flexibility index (Phi) is 3.43. The van der Waals surface area contributed by atoms with Crippen LogP contribution in [0, 0.1) is 0 Å². The molecule has 1 aliphatic rings. The molecule has 0 aliphatic carbocycles. The lowest BCUT2D eigenvalue weighted by atomic mass is 10.2. The molecular formula is C13H16N6O2. The van der Waals surface area contributed by atoms with Crippen molar-refractivity contribution in [3.63, 3.8) is 0 Å². The quantitative estimate of drug-likeness (QED) is 0.878. The van der Waals surface area contributed by atoms with Crippen molar-refractivity contribution >= 4 is 17.5 Å². The standard InChI is InChI=1S/C13H16N6O2/c1-18-8-9(7-15-18)19-6-4-10(12(19)20)16-13-14-5-3-11(17-13)21-2/h3,5,7-8,10H,4,6H2,1-2H3,(H,14,16,17). The van der Waals surface area contributed by atoms with Gasteiger partial charge in [0.05, 0.1) is 19.0 Å². The zero-order chi connectivity index (χ0) is 14.8. The fraction of sp³-hybridized carbons (Fsp3) is 0.385. The van der Waals surface area contributed by atoms with Crippen LogP contribution in [-0.4, -0.2) is 45.4 Å². The molecule has 0 bridgehead atoms. The molecule has 1 amide bonds. The summed E-state index contributed by atoms with van der Waals surface area (Å²) in [5.41, 5.74) is 0.804. The van der Waals surface area contributed by atoms with Gasteiger partial charge in [0, 0.05) is 32.1 Å². The Labute approximate surface area is 121 Å². The van der Waals surface area contributed by atoms with Gasteiger partial charge in [0.15, 0.2) is 0 Å². The maximum Gasteiger partial charge on any atom is 0.249 e. The molecule has 1 fully saturated rings. The predicted molar refractivity (Wildman–Crippen MR) is 76.2 cm³/mol. The number of rotatable bonds is 4. The van der Waals surface area contributed by atoms with Gasteiger partial charge in [0.2, 0.25) is 17.7 Å². The average Bonchev–Trinajstić information content (AvgIpc) is 3.06. The minimum absolute atomic E-state index is 0.00517. The van der Waals surface area contributed by atoms with Gasteiger partial charge in [0.1, 0.15) is 6.04 Å². The summed E-state index contributed by atoms with van der Waals surface area (Å²) in [7, 11) is 3.36. The zero-order valence-corrected chi connectivity index (χ0v) is 11.9. The first-order valence-corrected chi connectivity index (χ1v) is 6.61. The summed E-state index contributed by atoms with van der Waals surface area (Å²) in [5.74, 6) is 0.845. The summed E-state index contributed by atoms with van der Waals surface area (Å²) in [6.45, 7) is 0.645. The lowest BCUT2D eigenvalue weighted by Crippen LogP contribution is -2.33. The summed E-state index contributed by atoms with van der Waals surface area (Å²) in [5, 5.41) is 7.14. The molecule has 0 radical (unpaired) electrons. The monoisotopic (exact) mass is 288 g/mol. The molecule has 1 unspecified atom stereocenters. The van der Waals surface area contributed by atoms with Crippen molar-refractivity contribution in [2.75, 3.05) is 23.9 Å². The van der Waals surface area contributed by atoms with Crippen molar-refractivity contribution in [2.45, 2.75) is 12.5 Å². The molecule has 0 aromatic carbocycles. The van der Waals surface area contributed by atoms with Gasteiger partial charge in [0.25, 0.3) is 0 Å². The van der Waals surface area contributed by atoms with Crippen molar-refractivity contribution < 1.29 is 9.53 Å². The SMILES string of the molecule is COc1ccnc(NC2CCN(c3cnn(C)c3)C2=O)n1. The largest absolute Gasteiger partial charge is 0.481 e. The van der Waals surface area contributed by atoms with Crippen molar-refractivity contribution in [1.29, 1.82) is 0 Å². The van der Waals surface area contributed by atoms with E-state index in [1.165, 1.54) is 7.11 Å². The number of amides is 1. The first-order valence-electron chi connectivity index (χ1n) is 6.61. The lowest BCUT2D eigenvalue weighted by Gasteiger charge is -2.15. The van der Waals surface area contributed by atoms with Crippen molar-refractivity contribution in [3.8, 4) is 5.88 Å². The van der Waals surface area contributed by atoms with E-state index in [0.29, 0.717) is 24.8 Å². The number of nitrogens with one attached hydrogen (secondary N) is 1. The van der Waals surface area contributed by atoms with Crippen molar-refractivity contribution in [3.05, 3.63) is 24.7 Å². The van der Waals surface area contributed by atoms with Crippen LogP contribution in [0.5, 0.6) is 5.88 Å². The first kappa shape index (κ1) is 13.3. The number of hydrogen-bond donors (Lipinski definition) is 1. The van der Waals surface area contributed by atoms with Gasteiger partial charge >= 0.3 is 0 Å². The number of carbonyl (C=O) groups excluding carboxylic acids is 1. The molecule has 3 rings (SSSR count). The van der Waals surface area contributed by atoms with Gasteiger partial charge in [-0.1, -0.05) is 0 Å². The summed E-state index contributed by atoms with van der Waals surface area (Å²) in [6, 6.07) is 1.32. The molecule has 1 N–H and O–H groups in total. The number of anilines is 2. The smallest absolute Gasteiger partial charge is 0.249 e. The Morgan fingerprint density at radius 1 is 1.48 bits per heavy atom. The van der Waals surface area contributed by atoms with Gasteiger partial charge in [-0.25, -0.2) is 4.98 Å². The third-order valence-corrected chi connectivity index (χ3v) is 3.35. The summed E-state index contributed by atoms with van der Waals surface area (Å²) >= 11 is 0. The molecule has 3 heterocycles. The predicted octanol–water partition coefficient (Wildman–Crippen LogP) is 0.436. The fourth-order valence-electron chi connectivity index (χ4n) is 2.30. The van der Waals surface area contributed by atoms with E-state index < -0.39 is 0 Å². The molecule has 1 aliphatic heterocycles. The van der Waals surface area contributed by atoms with Crippen LogP contribution in [0.4, 0.5) is 11.6 Å². The molecule has 8 nitrogen and oxygen atoms in total. The molecule has 1 saturated heterocycles. The number of ether oxygens (including phenoxy) is 1. The van der Waals surface area contributed by atoms with Crippen LogP contribution in [0.1, 0.15) is 6.42 Å². The van der Waals surface area contributed by atoms with Crippen LogP contribution in [0.2, 0.25) is 0 Å². The van der Waals surface area contributed by atoms with E-state index in [0.717, 1.165) is 5.69 Å². The highest BCUT2D eigenvalue weighted by molar-refractivity contribution is 6.00. The second kappa shape index (κ2) is 5.39. The normalized spacial score (nSPS) is 18.1. The maximum atomic E-state index is 12.4. The van der Waals surface area contributed by atoms with Crippen LogP contribution in [0.25, 0.3) is 0 Å². The van der Waals surface area contributed by atoms with E-state index in [2.05, 4.69) is 20.4 Å². The van der Waals surface area contributed by atoms with Gasteiger partial charge in [-0.05, 0) is 6.42 Å². The summed E-state index contributed by atoms with van der Waals surface area (Å²) in [6.07, 6.45) is 5.78. The Morgan fingerprint density at radius 3 is 3.05 bits per heavy atom. The van der Waals surface area contributed by atoms with E-state index >= 15 is 0 Å². The molecule has 1 atom stereocenters. The van der Waals surface area contributed by atoms with Gasteiger partial charge in [-0.2, -0.15) is 10.1 Å². The first-order chi connectivity index (χ1) is 10.2. The van der Waals surface area contributed by atoms with Crippen molar-refractivity contribution in [1.82, 2.24) is 19.7 Å². The van der Waals surface area contributed by atoms with E-state index in [1.54, 1.807) is 28.0 Å². The number of methoxy groups -OCH3 is 1. The van der Waals surface area contributed by atoms with Crippen molar-refractivity contribution in [2.24, 2.45) is 7.05 Å². The Hall–Kier alpha value is -2.64. The molecule has 0 saturated carbocycles. The molecule has 21 heavy (non-hydrogen) atoms. The number of aryl methyl sites for hydroxylation is 1. The molecular weight excluding hydrogens is 272 g/mol. The zero-order valence-electron chi connectivity index (χ0n) is 11.9. The molecule has 0 spiro atoms. The molecule has 2 aromatic rings. The highest BCUT2D eigenvalue weighted by Gasteiger charge is 2.33. The van der Waals surface area contributed by atoms with E-state index in [9.17, 15) is 4.79 Å². The third kappa shape index (κ3) is 2.64. The van der Waals surface area contributed by atoms with E-state index in [1.807, 2.05) is 13.2 Å². The Bertz CT molecular complexity index is 656. The molecule has 2 aromatic heterocycles. The van der Waals surface area contributed by atoms with Crippen LogP contribution in [-0.2, 0) is 11.8 Å². The van der Waals surface area contributed by atoms with Gasteiger partial charge < -0.3 is 15.0 Å². The van der Waals surface area contributed by atoms with Gasteiger partial charge in [-0.3, -0.25) is 9.48 Å². The lowest BCUT2D eigenvalue weighted by molar-refractivity contribution is -0.117. The number of hydrogen-bond acceptors (Lipinski definition) is 6. The Morgan fingerprint density at radius 2 is 2.33 bits per heavy atom. The molecule has 110 valence electrons. The number of aromatic nitrogens is 4. The van der Waals surface area contributed by atoms with Crippen LogP contribution >= 0.6 is 0 Å². The summed E-state index contributed by atoms with van der Waals surface area (Å²) in [4.78, 5) is 22.4. The number of nitrogens with zero attached hydrogens (tertiary/aromatic N) is 5. The second-order valence-corrected chi connectivity index (χ2v) is 4.77. The topological polar surface area (TPSA) is 85.2 Å². The van der Waals surface area contributed by atoms with E-state index in [-0.39, 0.29) is 11.9 Å². The Balaban J connectivity index is 1.71. The minimum atomic E-state index is -0.336. The molecule has 8 heteroatoms. The average molecular weight is 288 g/mol. The van der Waals surface area contributed by atoms with Crippen LogP contribution in [0.3, 0.4) is 0 Å². The highest BCUT2D eigenvalue weighted by Crippen LogP contribution is 2.22. The minimum Gasteiger partial charge on any atom is -0.481 e. The van der Waals surface area contributed by atoms with E-state index in [4.69, 9.17) is 4.74 Å². The fourth-order valence-corrected chi connectivity index (χ4v) is 2.30. The maximum absolute atomic E-state index is 12.4. The second-order valence-electron chi connectivity index (χ2n) is 4.77. The highest BCUT2D eigenvalue weighted by atomic mass is 16.5. The van der Waals surface area contributed by atoms with Crippen LogP contribution < -0.4 is 15.0 Å². The van der Waals surface area contributed by atoms with Crippen LogP contribution in [0.15, 0.2) is 24.7 Å². The number of carbonyl (C=O) groups is 1.